The Balaban J connectivity index is 1.94. The van der Waals surface area contributed by atoms with Gasteiger partial charge in [0.15, 0.2) is 0 Å². The molecule has 3 aromatic carbocycles. The predicted octanol–water partition coefficient (Wildman–Crippen LogP) is 4.63. The summed E-state index contributed by atoms with van der Waals surface area (Å²) in [5.41, 5.74) is 2.78. The van der Waals surface area contributed by atoms with Gasteiger partial charge in [0, 0.05) is 11.3 Å². The lowest BCUT2D eigenvalue weighted by molar-refractivity contribution is -0.132. The SMILES string of the molecule is COc1cccc(/C(O)=C2\C(=O)C(=O)N(c3cccc(C)c3)C2c2ccccc2)c1. The van der Waals surface area contributed by atoms with Crippen molar-refractivity contribution in [1.82, 2.24) is 0 Å². The van der Waals surface area contributed by atoms with Crippen LogP contribution in [0.4, 0.5) is 5.69 Å². The molecule has 1 amide bonds. The summed E-state index contributed by atoms with van der Waals surface area (Å²) < 4.78 is 5.23. The van der Waals surface area contributed by atoms with E-state index in [2.05, 4.69) is 0 Å². The summed E-state index contributed by atoms with van der Waals surface area (Å²) in [4.78, 5) is 27.6. The van der Waals surface area contributed by atoms with Crippen molar-refractivity contribution in [3.8, 4) is 5.75 Å². The summed E-state index contributed by atoms with van der Waals surface area (Å²) in [6.45, 7) is 1.92. The first-order valence-electron chi connectivity index (χ1n) is 9.58. The third-order valence-corrected chi connectivity index (χ3v) is 5.18. The monoisotopic (exact) mass is 399 g/mol. The summed E-state index contributed by atoms with van der Waals surface area (Å²) >= 11 is 0. The van der Waals surface area contributed by atoms with E-state index in [0.717, 1.165) is 11.1 Å². The lowest BCUT2D eigenvalue weighted by Crippen LogP contribution is -2.29. The maximum absolute atomic E-state index is 13.1. The van der Waals surface area contributed by atoms with Gasteiger partial charge in [-0.05, 0) is 42.3 Å². The molecule has 1 N–H and O–H groups in total. The maximum atomic E-state index is 13.1. The molecule has 1 saturated heterocycles. The molecule has 1 aliphatic rings. The number of hydrogen-bond donors (Lipinski definition) is 1. The number of aliphatic hydroxyl groups is 1. The summed E-state index contributed by atoms with van der Waals surface area (Å²) in [7, 11) is 1.53. The maximum Gasteiger partial charge on any atom is 0.300 e. The van der Waals surface area contributed by atoms with Crippen molar-refractivity contribution in [2.75, 3.05) is 12.0 Å². The van der Waals surface area contributed by atoms with Gasteiger partial charge in [-0.25, -0.2) is 0 Å². The Hall–Kier alpha value is -3.86. The average molecular weight is 399 g/mol. The van der Waals surface area contributed by atoms with Gasteiger partial charge in [0.2, 0.25) is 0 Å². The molecule has 0 aromatic heterocycles. The van der Waals surface area contributed by atoms with Gasteiger partial charge in [0.05, 0.1) is 18.7 Å². The molecule has 4 rings (SSSR count). The van der Waals surface area contributed by atoms with Crippen LogP contribution in [0, 0.1) is 6.92 Å². The van der Waals surface area contributed by atoms with Crippen LogP contribution in [0.5, 0.6) is 5.75 Å². The second-order valence-corrected chi connectivity index (χ2v) is 7.15. The minimum Gasteiger partial charge on any atom is -0.507 e. The van der Waals surface area contributed by atoms with Gasteiger partial charge in [0.25, 0.3) is 11.7 Å². The number of ether oxygens (including phenoxy) is 1. The molecule has 0 bridgehead atoms. The van der Waals surface area contributed by atoms with Crippen LogP contribution < -0.4 is 9.64 Å². The van der Waals surface area contributed by atoms with Crippen LogP contribution in [-0.2, 0) is 9.59 Å². The first-order chi connectivity index (χ1) is 14.5. The van der Waals surface area contributed by atoms with Crippen molar-refractivity contribution in [1.29, 1.82) is 0 Å². The number of amides is 1. The molecule has 5 nitrogen and oxygen atoms in total. The van der Waals surface area contributed by atoms with E-state index < -0.39 is 17.7 Å². The Bertz CT molecular complexity index is 1150. The van der Waals surface area contributed by atoms with Crippen LogP contribution in [0.3, 0.4) is 0 Å². The number of carbonyl (C=O) groups is 2. The van der Waals surface area contributed by atoms with Crippen LogP contribution >= 0.6 is 0 Å². The van der Waals surface area contributed by atoms with Gasteiger partial charge < -0.3 is 9.84 Å². The smallest absolute Gasteiger partial charge is 0.300 e. The van der Waals surface area contributed by atoms with Crippen LogP contribution in [0.1, 0.15) is 22.7 Å². The summed E-state index contributed by atoms with van der Waals surface area (Å²) in [5, 5.41) is 11.1. The number of aliphatic hydroxyl groups excluding tert-OH is 1. The fraction of sp³-hybridized carbons (Fsp3) is 0.120. The fourth-order valence-electron chi connectivity index (χ4n) is 3.75. The lowest BCUT2D eigenvalue weighted by atomic mass is 9.95. The van der Waals surface area contributed by atoms with Gasteiger partial charge >= 0.3 is 0 Å². The van der Waals surface area contributed by atoms with Crippen molar-refractivity contribution in [3.63, 3.8) is 0 Å². The highest BCUT2D eigenvalue weighted by Gasteiger charge is 2.46. The molecule has 0 aliphatic carbocycles. The van der Waals surface area contributed by atoms with Gasteiger partial charge in [-0.3, -0.25) is 14.5 Å². The number of ketones is 1. The molecule has 0 spiro atoms. The number of Topliss-reactive ketones (excluding diaryl/α,β-unsaturated/α-hetero) is 1. The summed E-state index contributed by atoms with van der Waals surface area (Å²) in [5.74, 6) is -1.07. The largest absolute Gasteiger partial charge is 0.507 e. The molecule has 1 fully saturated rings. The Morgan fingerprint density at radius 1 is 0.933 bits per heavy atom. The first kappa shape index (κ1) is 19.5. The molecule has 1 unspecified atom stereocenters. The third kappa shape index (κ3) is 3.35. The number of nitrogens with zero attached hydrogens (tertiary/aromatic N) is 1. The van der Waals surface area contributed by atoms with Crippen LogP contribution in [0.25, 0.3) is 5.76 Å². The van der Waals surface area contributed by atoms with Gasteiger partial charge in [-0.15, -0.1) is 0 Å². The molecule has 1 atom stereocenters. The number of benzene rings is 3. The van der Waals surface area contributed by atoms with Gasteiger partial charge in [-0.2, -0.15) is 0 Å². The zero-order chi connectivity index (χ0) is 21.3. The number of aryl methyl sites for hydroxylation is 1. The second-order valence-electron chi connectivity index (χ2n) is 7.15. The van der Waals surface area contributed by atoms with Gasteiger partial charge in [-0.1, -0.05) is 54.6 Å². The number of anilines is 1. The molecule has 1 aliphatic heterocycles. The molecule has 1 heterocycles. The highest BCUT2D eigenvalue weighted by Crippen LogP contribution is 2.42. The Labute approximate surface area is 174 Å². The van der Waals surface area contributed by atoms with Crippen molar-refractivity contribution < 1.29 is 19.4 Å². The minimum atomic E-state index is -0.737. The Morgan fingerprint density at radius 2 is 1.67 bits per heavy atom. The summed E-state index contributed by atoms with van der Waals surface area (Å²) in [6, 6.07) is 22.7. The molecule has 5 heteroatoms. The number of carbonyl (C=O) groups excluding carboxylic acids is 2. The first-order valence-corrected chi connectivity index (χ1v) is 9.58. The minimum absolute atomic E-state index is 0.0564. The third-order valence-electron chi connectivity index (χ3n) is 5.18. The second kappa shape index (κ2) is 7.87. The fourth-order valence-corrected chi connectivity index (χ4v) is 3.75. The normalized spacial score (nSPS) is 17.9. The van der Waals surface area contributed by atoms with Crippen molar-refractivity contribution >= 4 is 23.1 Å². The number of rotatable bonds is 4. The van der Waals surface area contributed by atoms with Crippen LogP contribution in [0.2, 0.25) is 0 Å². The van der Waals surface area contributed by atoms with Crippen molar-refractivity contribution in [3.05, 3.63) is 101 Å². The number of methoxy groups -OCH3 is 1. The van der Waals surface area contributed by atoms with Crippen molar-refractivity contribution in [2.45, 2.75) is 13.0 Å². The van der Waals surface area contributed by atoms with Crippen molar-refractivity contribution in [2.24, 2.45) is 0 Å². The zero-order valence-corrected chi connectivity index (χ0v) is 16.7. The van der Waals surface area contributed by atoms with E-state index in [9.17, 15) is 14.7 Å². The van der Waals surface area contributed by atoms with E-state index in [1.54, 1.807) is 30.3 Å². The van der Waals surface area contributed by atoms with E-state index in [0.29, 0.717) is 17.0 Å². The quantitative estimate of drug-likeness (QED) is 0.395. The summed E-state index contributed by atoms with van der Waals surface area (Å²) in [6.07, 6.45) is 0. The molecular weight excluding hydrogens is 378 g/mol. The standard InChI is InChI=1S/C25H21NO4/c1-16-8-6-12-19(14-16)26-22(17-9-4-3-5-10-17)21(24(28)25(26)29)23(27)18-11-7-13-20(15-18)30-2/h3-15,22,27H,1-2H3/b23-21+. The molecule has 30 heavy (non-hydrogen) atoms. The molecule has 3 aromatic rings. The van der Waals surface area contributed by atoms with E-state index in [4.69, 9.17) is 4.74 Å². The van der Waals surface area contributed by atoms with E-state index in [1.165, 1.54) is 12.0 Å². The predicted molar refractivity (Wildman–Crippen MR) is 115 cm³/mol. The van der Waals surface area contributed by atoms with Crippen LogP contribution in [-0.4, -0.2) is 23.9 Å². The van der Waals surface area contributed by atoms with Gasteiger partial charge in [0.1, 0.15) is 11.5 Å². The number of hydrogen-bond acceptors (Lipinski definition) is 4. The topological polar surface area (TPSA) is 66.8 Å². The Morgan fingerprint density at radius 3 is 2.37 bits per heavy atom. The van der Waals surface area contributed by atoms with Crippen LogP contribution in [0.15, 0.2) is 84.4 Å². The van der Waals surface area contributed by atoms with E-state index >= 15 is 0 Å². The Kier molecular flexibility index (Phi) is 5.11. The van der Waals surface area contributed by atoms with E-state index in [1.807, 2.05) is 55.5 Å². The lowest BCUT2D eigenvalue weighted by Gasteiger charge is -2.25. The zero-order valence-electron chi connectivity index (χ0n) is 16.7. The molecule has 0 saturated carbocycles. The highest BCUT2D eigenvalue weighted by atomic mass is 16.5. The molecular formula is C25H21NO4. The molecule has 0 radical (unpaired) electrons. The highest BCUT2D eigenvalue weighted by molar-refractivity contribution is 6.51. The van der Waals surface area contributed by atoms with E-state index in [-0.39, 0.29) is 11.3 Å². The average Bonchev–Trinajstić information content (AvgIpc) is 3.04. The molecule has 150 valence electrons.